The number of allylic oxidation sites excluding steroid dienone is 4. The molecule has 0 spiro atoms. The molecule has 10 nitrogen and oxygen atoms in total. The number of benzene rings is 1. The Labute approximate surface area is 191 Å². The predicted molar refractivity (Wildman–Crippen MR) is 124 cm³/mol. The minimum absolute atomic E-state index is 0.0148. The van der Waals surface area contributed by atoms with Crippen molar-refractivity contribution in [3.05, 3.63) is 70.7 Å². The summed E-state index contributed by atoms with van der Waals surface area (Å²) < 4.78 is 63.1. The zero-order chi connectivity index (χ0) is 24.4. The van der Waals surface area contributed by atoms with Crippen molar-refractivity contribution in [2.24, 2.45) is 5.14 Å². The molecule has 0 saturated carbocycles. The first-order chi connectivity index (χ1) is 15.3. The number of anilines is 3. The highest BCUT2D eigenvalue weighted by atomic mass is 32.2. The molecule has 0 fully saturated rings. The lowest BCUT2D eigenvalue weighted by molar-refractivity contribution is 0.530. The maximum Gasteiger partial charge on any atom is 0.238 e. The van der Waals surface area contributed by atoms with Crippen LogP contribution in [0.4, 0.5) is 21.8 Å². The molecule has 1 aliphatic rings. The van der Waals surface area contributed by atoms with Gasteiger partial charge in [0.15, 0.2) is 11.6 Å². The van der Waals surface area contributed by atoms with Crippen LogP contribution in [0.5, 0.6) is 0 Å². The largest absolute Gasteiger partial charge is 0.341 e. The van der Waals surface area contributed by atoms with E-state index in [9.17, 15) is 21.2 Å². The van der Waals surface area contributed by atoms with Gasteiger partial charge in [0.1, 0.15) is 0 Å². The van der Waals surface area contributed by atoms with Crippen LogP contribution >= 0.6 is 0 Å². The number of hydrogen-bond acceptors (Lipinski definition) is 8. The average molecular weight is 495 g/mol. The van der Waals surface area contributed by atoms with Gasteiger partial charge in [0.05, 0.1) is 11.1 Å². The van der Waals surface area contributed by atoms with Crippen LogP contribution in [0, 0.1) is 12.7 Å². The molecule has 1 aromatic carbocycles. The van der Waals surface area contributed by atoms with Crippen LogP contribution in [0.25, 0.3) is 0 Å². The topological polar surface area (TPSA) is 147 Å². The Morgan fingerprint density at radius 2 is 1.91 bits per heavy atom. The summed E-state index contributed by atoms with van der Waals surface area (Å²) in [6, 6.07) is 4.52. The van der Waals surface area contributed by atoms with Gasteiger partial charge in [0.2, 0.25) is 26.0 Å². The molecule has 0 atom stereocenters. The fourth-order valence-electron chi connectivity index (χ4n) is 2.87. The summed E-state index contributed by atoms with van der Waals surface area (Å²) in [6.45, 7) is 1.61. The molecular formula is C20H23FN6O4S2. The summed E-state index contributed by atoms with van der Waals surface area (Å²) in [5, 5.41) is 12.0. The molecule has 0 bridgehead atoms. The summed E-state index contributed by atoms with van der Waals surface area (Å²) in [5.74, 6) is -0.847. The lowest BCUT2D eigenvalue weighted by Crippen LogP contribution is -2.20. The van der Waals surface area contributed by atoms with Gasteiger partial charge in [-0.05, 0) is 36.3 Å². The average Bonchev–Trinajstić information content (AvgIpc) is 2.71. The van der Waals surface area contributed by atoms with E-state index < -0.39 is 25.9 Å². The maximum absolute atomic E-state index is 14.3. The standard InChI is InChI=1S/C20H23FN6O4S2/c1-13-7-8-16(10-18(13)33(22,30)31)25-20-23-11-17(21)19(26-20)24-15-6-4-5-14(9-15)12-32(28,29)27(2)3/h4-8,10-12H,9H2,1-3H3,(H2,22,30,31)(H2,23,24,25,26). The van der Waals surface area contributed by atoms with Gasteiger partial charge in [-0.3, -0.25) is 0 Å². The van der Waals surface area contributed by atoms with Gasteiger partial charge in [-0.15, -0.1) is 0 Å². The van der Waals surface area contributed by atoms with Crippen LogP contribution < -0.4 is 15.8 Å². The van der Waals surface area contributed by atoms with Crippen molar-refractivity contribution in [3.8, 4) is 0 Å². The van der Waals surface area contributed by atoms with Crippen molar-refractivity contribution in [1.82, 2.24) is 14.3 Å². The number of rotatable bonds is 7. The fraction of sp³-hybridized carbons (Fsp3) is 0.200. The molecule has 13 heteroatoms. The fourth-order valence-corrected chi connectivity index (χ4v) is 4.43. The third kappa shape index (κ3) is 6.22. The molecule has 0 unspecified atom stereocenters. The molecule has 0 radical (unpaired) electrons. The van der Waals surface area contributed by atoms with E-state index in [1.165, 1.54) is 20.2 Å². The van der Waals surface area contributed by atoms with E-state index in [2.05, 4.69) is 20.6 Å². The Morgan fingerprint density at radius 1 is 1.18 bits per heavy atom. The number of nitrogens with two attached hydrogens (primary N) is 1. The first-order valence-corrected chi connectivity index (χ1v) is 12.6. The normalized spacial score (nSPS) is 15.6. The van der Waals surface area contributed by atoms with E-state index in [4.69, 9.17) is 5.14 Å². The number of halogens is 1. The van der Waals surface area contributed by atoms with Crippen molar-refractivity contribution >= 4 is 37.5 Å². The summed E-state index contributed by atoms with van der Waals surface area (Å²) >= 11 is 0. The van der Waals surface area contributed by atoms with Crippen molar-refractivity contribution in [1.29, 1.82) is 0 Å². The lowest BCUT2D eigenvalue weighted by atomic mass is 10.1. The highest BCUT2D eigenvalue weighted by Crippen LogP contribution is 2.25. The van der Waals surface area contributed by atoms with E-state index in [0.29, 0.717) is 22.5 Å². The summed E-state index contributed by atoms with van der Waals surface area (Å²) in [5.41, 5.74) is 1.86. The van der Waals surface area contributed by atoms with Crippen molar-refractivity contribution in [2.75, 3.05) is 24.7 Å². The number of sulfonamides is 2. The van der Waals surface area contributed by atoms with Crippen LogP contribution in [0.1, 0.15) is 12.0 Å². The molecule has 3 rings (SSSR count). The zero-order valence-corrected chi connectivity index (χ0v) is 19.7. The number of nitrogens with zero attached hydrogens (tertiary/aromatic N) is 3. The van der Waals surface area contributed by atoms with Gasteiger partial charge >= 0.3 is 0 Å². The van der Waals surface area contributed by atoms with E-state index >= 15 is 0 Å². The lowest BCUT2D eigenvalue weighted by Gasteiger charge is -2.16. The molecule has 1 aromatic heterocycles. The van der Waals surface area contributed by atoms with Gasteiger partial charge in [0.25, 0.3) is 0 Å². The van der Waals surface area contributed by atoms with Crippen molar-refractivity contribution in [3.63, 3.8) is 0 Å². The van der Waals surface area contributed by atoms with E-state index in [-0.39, 0.29) is 23.1 Å². The van der Waals surface area contributed by atoms with Gasteiger partial charge in [0, 0.05) is 37.3 Å². The number of aryl methyl sites for hydroxylation is 1. The van der Waals surface area contributed by atoms with Crippen LogP contribution in [0.2, 0.25) is 0 Å². The first kappa shape index (κ1) is 24.5. The van der Waals surface area contributed by atoms with Crippen molar-refractivity contribution < 1.29 is 21.2 Å². The summed E-state index contributed by atoms with van der Waals surface area (Å²) in [7, 11) is -4.62. The monoisotopic (exact) mass is 494 g/mol. The third-order valence-corrected chi connectivity index (χ3v) is 7.26. The highest BCUT2D eigenvalue weighted by Gasteiger charge is 2.16. The summed E-state index contributed by atoms with van der Waals surface area (Å²) in [6.07, 6.45) is 6.13. The minimum atomic E-state index is -3.92. The van der Waals surface area contributed by atoms with Crippen LogP contribution in [-0.2, 0) is 20.0 Å². The van der Waals surface area contributed by atoms with Crippen LogP contribution in [-0.4, -0.2) is 45.2 Å². The minimum Gasteiger partial charge on any atom is -0.341 e. The van der Waals surface area contributed by atoms with Gasteiger partial charge in [-0.2, -0.15) is 4.98 Å². The molecular weight excluding hydrogens is 471 g/mol. The Kier molecular flexibility index (Phi) is 6.97. The third-order valence-electron chi connectivity index (χ3n) is 4.59. The SMILES string of the molecule is Cc1ccc(Nc2ncc(F)c(NC3=CC=CC(=CS(=O)(=O)N(C)C)C3)n2)cc1S(N)(=O)=O. The molecule has 4 N–H and O–H groups in total. The van der Waals surface area contributed by atoms with Gasteiger partial charge in [-0.1, -0.05) is 18.2 Å². The molecule has 2 aromatic rings. The molecule has 1 aliphatic carbocycles. The quantitative estimate of drug-likeness (QED) is 0.531. The second-order valence-corrected chi connectivity index (χ2v) is 10.9. The molecule has 0 amide bonds. The zero-order valence-electron chi connectivity index (χ0n) is 18.1. The van der Waals surface area contributed by atoms with Crippen LogP contribution in [0.15, 0.2) is 64.2 Å². The van der Waals surface area contributed by atoms with Gasteiger partial charge in [-0.25, -0.2) is 35.7 Å². The number of primary sulfonamides is 1. The van der Waals surface area contributed by atoms with Crippen molar-refractivity contribution in [2.45, 2.75) is 18.2 Å². The highest BCUT2D eigenvalue weighted by molar-refractivity contribution is 7.92. The number of nitrogens with one attached hydrogen (secondary N) is 2. The Balaban J connectivity index is 1.81. The predicted octanol–water partition coefficient (Wildman–Crippen LogP) is 2.35. The molecule has 0 saturated heterocycles. The van der Waals surface area contributed by atoms with E-state index in [1.807, 2.05) is 0 Å². The Hall–Kier alpha value is -3.13. The number of aromatic nitrogens is 2. The van der Waals surface area contributed by atoms with E-state index in [0.717, 1.165) is 15.9 Å². The van der Waals surface area contributed by atoms with E-state index in [1.54, 1.807) is 37.3 Å². The molecule has 176 valence electrons. The second-order valence-electron chi connectivity index (χ2n) is 7.41. The smallest absolute Gasteiger partial charge is 0.238 e. The molecule has 0 aliphatic heterocycles. The Morgan fingerprint density at radius 3 is 2.58 bits per heavy atom. The summed E-state index contributed by atoms with van der Waals surface area (Å²) in [4.78, 5) is 7.92. The van der Waals surface area contributed by atoms with Gasteiger partial charge < -0.3 is 10.6 Å². The molecule has 1 heterocycles. The number of hydrogen-bond donors (Lipinski definition) is 3. The van der Waals surface area contributed by atoms with Crippen LogP contribution in [0.3, 0.4) is 0 Å². The first-order valence-electron chi connectivity index (χ1n) is 9.55. The Bertz CT molecular complexity index is 1380. The second kappa shape index (κ2) is 9.39. The maximum atomic E-state index is 14.3. The molecule has 33 heavy (non-hydrogen) atoms.